The van der Waals surface area contributed by atoms with Crippen molar-refractivity contribution in [2.24, 2.45) is 5.73 Å². The van der Waals surface area contributed by atoms with Crippen LogP contribution in [-0.4, -0.2) is 12.5 Å². The Kier molecular flexibility index (Phi) is 3.92. The highest BCUT2D eigenvalue weighted by Crippen LogP contribution is 2.19. The summed E-state index contributed by atoms with van der Waals surface area (Å²) in [5.74, 6) is -0.316. The van der Waals surface area contributed by atoms with Crippen molar-refractivity contribution >= 4 is 17.5 Å². The molecule has 0 saturated heterocycles. The molecule has 0 aromatic heterocycles. The molecule has 0 aliphatic rings. The number of amides is 1. The van der Waals surface area contributed by atoms with Gasteiger partial charge in [-0.2, -0.15) is 0 Å². The molecule has 0 bridgehead atoms. The lowest BCUT2D eigenvalue weighted by Crippen LogP contribution is -2.86. The third kappa shape index (κ3) is 3.01. The van der Waals surface area contributed by atoms with Gasteiger partial charge < -0.3 is 11.1 Å². The summed E-state index contributed by atoms with van der Waals surface area (Å²) in [6, 6.07) is 7.74. The first-order valence-electron chi connectivity index (χ1n) is 4.47. The van der Waals surface area contributed by atoms with E-state index in [0.717, 1.165) is 10.6 Å². The van der Waals surface area contributed by atoms with Crippen LogP contribution < -0.4 is 11.1 Å². The van der Waals surface area contributed by atoms with E-state index >= 15 is 0 Å². The van der Waals surface area contributed by atoms with Gasteiger partial charge in [0.25, 0.3) is 5.91 Å². The molecule has 0 fully saturated rings. The monoisotopic (exact) mass is 213 g/mol. The average Bonchev–Trinajstić information content (AvgIpc) is 2.15. The van der Waals surface area contributed by atoms with Crippen LogP contribution in [0, 0.1) is 0 Å². The molecule has 3 nitrogen and oxygen atoms in total. The maximum atomic E-state index is 10.6. The number of carbonyl (C=O) groups excluding carboxylic acids is 1. The van der Waals surface area contributed by atoms with Crippen LogP contribution in [0.4, 0.5) is 0 Å². The summed E-state index contributed by atoms with van der Waals surface area (Å²) in [7, 11) is 0. The number of nitrogens with two attached hydrogens (primary N) is 2. The molecular weight excluding hydrogens is 200 g/mol. The van der Waals surface area contributed by atoms with Crippen LogP contribution in [0.3, 0.4) is 0 Å². The summed E-state index contributed by atoms with van der Waals surface area (Å²) in [6.07, 6.45) is 0. The lowest BCUT2D eigenvalue weighted by molar-refractivity contribution is -0.682. The minimum atomic E-state index is -0.316. The predicted octanol–water partition coefficient (Wildman–Crippen LogP) is 0.450. The third-order valence-electron chi connectivity index (χ3n) is 2.07. The average molecular weight is 214 g/mol. The fourth-order valence-electron chi connectivity index (χ4n) is 1.26. The first-order valence-corrected chi connectivity index (χ1v) is 4.85. The predicted molar refractivity (Wildman–Crippen MR) is 55.9 cm³/mol. The van der Waals surface area contributed by atoms with Gasteiger partial charge in [0.05, 0.1) is 0 Å². The van der Waals surface area contributed by atoms with E-state index < -0.39 is 0 Å². The molecule has 1 aromatic carbocycles. The van der Waals surface area contributed by atoms with Crippen molar-refractivity contribution in [3.63, 3.8) is 0 Å². The normalized spacial score (nSPS) is 12.4. The minimum Gasteiger partial charge on any atom is -0.365 e. The van der Waals surface area contributed by atoms with Crippen LogP contribution in [0.5, 0.6) is 0 Å². The molecule has 4 N–H and O–H groups in total. The van der Waals surface area contributed by atoms with Crippen molar-refractivity contribution < 1.29 is 10.1 Å². The quantitative estimate of drug-likeness (QED) is 0.750. The van der Waals surface area contributed by atoms with Crippen molar-refractivity contribution in [1.29, 1.82) is 0 Å². The number of halogens is 1. The summed E-state index contributed by atoms with van der Waals surface area (Å²) >= 11 is 6.00. The van der Waals surface area contributed by atoms with Crippen LogP contribution in [0.2, 0.25) is 5.02 Å². The smallest absolute Gasteiger partial charge is 0.272 e. The van der Waals surface area contributed by atoms with E-state index in [4.69, 9.17) is 17.3 Å². The Bertz CT molecular complexity index is 328. The highest BCUT2D eigenvalue weighted by Gasteiger charge is 2.12. The van der Waals surface area contributed by atoms with Gasteiger partial charge in [0.1, 0.15) is 6.04 Å². The van der Waals surface area contributed by atoms with E-state index in [1.807, 2.05) is 36.5 Å². The molecular formula is C10H14ClN2O+. The molecule has 76 valence electrons. The zero-order valence-electron chi connectivity index (χ0n) is 8.03. The van der Waals surface area contributed by atoms with Gasteiger partial charge in [-0.05, 0) is 13.0 Å². The van der Waals surface area contributed by atoms with Crippen molar-refractivity contribution in [2.75, 3.05) is 6.54 Å². The van der Waals surface area contributed by atoms with Gasteiger partial charge >= 0.3 is 0 Å². The van der Waals surface area contributed by atoms with Gasteiger partial charge in [0, 0.05) is 10.6 Å². The Hall–Kier alpha value is -1.06. The summed E-state index contributed by atoms with van der Waals surface area (Å²) in [5.41, 5.74) is 6.08. The lowest BCUT2D eigenvalue weighted by atomic mass is 10.1. The largest absolute Gasteiger partial charge is 0.365 e. The molecule has 0 unspecified atom stereocenters. The SMILES string of the molecule is C[C@H]([NH2+]CC(N)=O)c1ccccc1Cl. The molecule has 1 atom stereocenters. The van der Waals surface area contributed by atoms with Crippen LogP contribution in [0.15, 0.2) is 24.3 Å². The van der Waals surface area contributed by atoms with Crippen LogP contribution in [-0.2, 0) is 4.79 Å². The highest BCUT2D eigenvalue weighted by molar-refractivity contribution is 6.31. The highest BCUT2D eigenvalue weighted by atomic mass is 35.5. The number of hydrogen-bond acceptors (Lipinski definition) is 1. The maximum Gasteiger partial charge on any atom is 0.272 e. The van der Waals surface area contributed by atoms with Gasteiger partial charge in [0.2, 0.25) is 0 Å². The summed E-state index contributed by atoms with van der Waals surface area (Å²) in [5, 5.41) is 2.59. The second kappa shape index (κ2) is 4.98. The Balaban J connectivity index is 2.65. The minimum absolute atomic E-state index is 0.149. The van der Waals surface area contributed by atoms with Crippen LogP contribution in [0.1, 0.15) is 18.5 Å². The van der Waals surface area contributed by atoms with Gasteiger partial charge in [-0.3, -0.25) is 4.79 Å². The number of rotatable bonds is 4. The van der Waals surface area contributed by atoms with Crippen LogP contribution in [0.25, 0.3) is 0 Å². The van der Waals surface area contributed by atoms with Gasteiger partial charge in [-0.15, -0.1) is 0 Å². The Morgan fingerprint density at radius 2 is 2.21 bits per heavy atom. The fourth-order valence-corrected chi connectivity index (χ4v) is 1.57. The molecule has 0 radical (unpaired) electrons. The van der Waals surface area contributed by atoms with E-state index in [1.54, 1.807) is 0 Å². The zero-order chi connectivity index (χ0) is 10.6. The molecule has 14 heavy (non-hydrogen) atoms. The molecule has 0 heterocycles. The molecule has 0 aliphatic carbocycles. The van der Waals surface area contributed by atoms with Crippen molar-refractivity contribution in [2.45, 2.75) is 13.0 Å². The maximum absolute atomic E-state index is 10.6. The fraction of sp³-hybridized carbons (Fsp3) is 0.300. The molecule has 1 rings (SSSR count). The molecule has 0 saturated carbocycles. The molecule has 1 amide bonds. The first-order chi connectivity index (χ1) is 6.61. The van der Waals surface area contributed by atoms with E-state index in [1.165, 1.54) is 0 Å². The van der Waals surface area contributed by atoms with Crippen molar-refractivity contribution in [1.82, 2.24) is 0 Å². The first kappa shape index (κ1) is 11.0. The topological polar surface area (TPSA) is 59.7 Å². The molecule has 0 spiro atoms. The third-order valence-corrected chi connectivity index (χ3v) is 2.41. The van der Waals surface area contributed by atoms with Gasteiger partial charge in [-0.25, -0.2) is 0 Å². The Morgan fingerprint density at radius 3 is 2.79 bits per heavy atom. The number of primary amides is 1. The Labute approximate surface area is 88.2 Å². The van der Waals surface area contributed by atoms with Crippen molar-refractivity contribution in [3.8, 4) is 0 Å². The lowest BCUT2D eigenvalue weighted by Gasteiger charge is -2.10. The second-order valence-corrected chi connectivity index (χ2v) is 3.62. The molecule has 4 heteroatoms. The van der Waals surface area contributed by atoms with Gasteiger partial charge in [-0.1, -0.05) is 29.8 Å². The van der Waals surface area contributed by atoms with E-state index in [2.05, 4.69) is 0 Å². The van der Waals surface area contributed by atoms with Crippen molar-refractivity contribution in [3.05, 3.63) is 34.9 Å². The number of hydrogen-bond donors (Lipinski definition) is 2. The molecule has 0 aliphatic heterocycles. The molecule has 1 aromatic rings. The van der Waals surface area contributed by atoms with E-state index in [9.17, 15) is 4.79 Å². The second-order valence-electron chi connectivity index (χ2n) is 3.22. The summed E-state index contributed by atoms with van der Waals surface area (Å²) in [6.45, 7) is 2.27. The Morgan fingerprint density at radius 1 is 1.57 bits per heavy atom. The number of carbonyl (C=O) groups is 1. The summed E-state index contributed by atoms with van der Waals surface area (Å²) in [4.78, 5) is 10.6. The zero-order valence-corrected chi connectivity index (χ0v) is 8.79. The van der Waals surface area contributed by atoms with Crippen LogP contribution >= 0.6 is 11.6 Å². The number of quaternary nitrogens is 1. The van der Waals surface area contributed by atoms with E-state index in [-0.39, 0.29) is 18.5 Å². The number of benzene rings is 1. The van der Waals surface area contributed by atoms with E-state index in [0.29, 0.717) is 0 Å². The summed E-state index contributed by atoms with van der Waals surface area (Å²) < 4.78 is 0. The van der Waals surface area contributed by atoms with Gasteiger partial charge in [0.15, 0.2) is 6.54 Å². The standard InChI is InChI=1S/C10H13ClN2O/c1-7(13-6-10(12)14)8-4-2-3-5-9(8)11/h2-5,7,13H,6H2,1H3,(H2,12,14)/p+1/t7-/m0/s1.